The van der Waals surface area contributed by atoms with E-state index in [9.17, 15) is 0 Å². The van der Waals surface area contributed by atoms with Crippen molar-refractivity contribution in [1.82, 2.24) is 20.5 Å². The molecule has 1 saturated heterocycles. The fourth-order valence-corrected chi connectivity index (χ4v) is 4.19. The topological polar surface area (TPSA) is 61.8 Å². The summed E-state index contributed by atoms with van der Waals surface area (Å²) < 4.78 is 5.66. The molecule has 168 valence electrons. The summed E-state index contributed by atoms with van der Waals surface area (Å²) in [6, 6.07) is 0.487. The summed E-state index contributed by atoms with van der Waals surface area (Å²) in [6.45, 7) is 15.7. The second-order valence-electron chi connectivity index (χ2n) is 8.81. The Bertz CT molecular complexity index is 606. The van der Waals surface area contributed by atoms with Crippen LogP contribution >= 0.6 is 35.3 Å². The lowest BCUT2D eigenvalue weighted by Crippen LogP contribution is -2.49. The number of rotatable bonds is 8. The zero-order valence-corrected chi connectivity index (χ0v) is 22.1. The maximum atomic E-state index is 5.66. The summed E-state index contributed by atoms with van der Waals surface area (Å²) in [5.74, 6) is 0.897. The predicted molar refractivity (Wildman–Crippen MR) is 135 cm³/mol. The van der Waals surface area contributed by atoms with E-state index in [1.54, 1.807) is 11.3 Å². The highest BCUT2D eigenvalue weighted by atomic mass is 127. The van der Waals surface area contributed by atoms with Crippen molar-refractivity contribution in [3.05, 3.63) is 16.1 Å². The van der Waals surface area contributed by atoms with Gasteiger partial charge in [-0.05, 0) is 26.7 Å². The highest BCUT2D eigenvalue weighted by Crippen LogP contribution is 2.23. The molecule has 1 fully saturated rings. The van der Waals surface area contributed by atoms with Gasteiger partial charge in [-0.15, -0.1) is 35.3 Å². The first kappa shape index (κ1) is 26.6. The number of aromatic nitrogens is 1. The summed E-state index contributed by atoms with van der Waals surface area (Å²) >= 11 is 1.75. The van der Waals surface area contributed by atoms with E-state index in [1.165, 1.54) is 10.7 Å². The molecule has 0 saturated carbocycles. The molecular weight excluding hydrogens is 497 g/mol. The van der Waals surface area contributed by atoms with Crippen LogP contribution in [0.15, 0.2) is 10.4 Å². The quantitative estimate of drug-likeness (QED) is 0.301. The number of piperidine rings is 1. The first-order chi connectivity index (χ1) is 13.3. The van der Waals surface area contributed by atoms with Gasteiger partial charge in [-0.25, -0.2) is 4.98 Å². The van der Waals surface area contributed by atoms with Gasteiger partial charge in [-0.3, -0.25) is 4.99 Å². The molecule has 1 aromatic rings. The van der Waals surface area contributed by atoms with Crippen LogP contribution in [0.1, 0.15) is 58.2 Å². The Balaban J connectivity index is 0.00000420. The molecular formula is C21H40IN5OS. The number of ether oxygens (including phenoxy) is 1. The minimum absolute atomic E-state index is 0. The molecule has 1 aromatic heterocycles. The van der Waals surface area contributed by atoms with Gasteiger partial charge in [0.1, 0.15) is 0 Å². The zero-order chi connectivity index (χ0) is 20.6. The highest BCUT2D eigenvalue weighted by Gasteiger charge is 2.20. The monoisotopic (exact) mass is 537 g/mol. The van der Waals surface area contributed by atoms with Crippen molar-refractivity contribution < 1.29 is 4.74 Å². The Morgan fingerprint density at radius 1 is 1.34 bits per heavy atom. The third-order valence-electron chi connectivity index (χ3n) is 4.96. The molecule has 0 amide bonds. The van der Waals surface area contributed by atoms with Gasteiger partial charge in [0.05, 0.1) is 23.4 Å². The van der Waals surface area contributed by atoms with E-state index in [0.29, 0.717) is 12.1 Å². The molecule has 29 heavy (non-hydrogen) atoms. The number of halogens is 1. The third kappa shape index (κ3) is 9.93. The maximum absolute atomic E-state index is 5.66. The second kappa shape index (κ2) is 13.1. The van der Waals surface area contributed by atoms with Crippen LogP contribution in [-0.2, 0) is 16.6 Å². The van der Waals surface area contributed by atoms with Crippen molar-refractivity contribution >= 4 is 41.3 Å². The number of guanidine groups is 1. The average molecular weight is 538 g/mol. The van der Waals surface area contributed by atoms with E-state index in [-0.39, 0.29) is 29.4 Å². The van der Waals surface area contributed by atoms with Crippen molar-refractivity contribution in [2.75, 3.05) is 39.8 Å². The number of aliphatic imine (C=N–C) groups is 1. The maximum Gasteiger partial charge on any atom is 0.191 e. The average Bonchev–Trinajstić information content (AvgIpc) is 3.11. The van der Waals surface area contributed by atoms with Crippen molar-refractivity contribution in [3.63, 3.8) is 0 Å². The Labute approximate surface area is 198 Å². The summed E-state index contributed by atoms with van der Waals surface area (Å²) in [7, 11) is 1.84. The summed E-state index contributed by atoms with van der Waals surface area (Å²) in [5.41, 5.74) is 1.30. The van der Waals surface area contributed by atoms with Crippen LogP contribution in [0.5, 0.6) is 0 Å². The summed E-state index contributed by atoms with van der Waals surface area (Å²) in [6.07, 6.45) is 3.53. The van der Waals surface area contributed by atoms with Gasteiger partial charge in [-0.2, -0.15) is 0 Å². The molecule has 0 radical (unpaired) electrons. The van der Waals surface area contributed by atoms with Crippen LogP contribution < -0.4 is 10.6 Å². The van der Waals surface area contributed by atoms with Gasteiger partial charge in [-0.1, -0.05) is 20.8 Å². The van der Waals surface area contributed by atoms with Crippen molar-refractivity contribution in [2.24, 2.45) is 4.99 Å². The van der Waals surface area contributed by atoms with Gasteiger partial charge < -0.3 is 20.3 Å². The van der Waals surface area contributed by atoms with Crippen molar-refractivity contribution in [3.8, 4) is 0 Å². The van der Waals surface area contributed by atoms with Crippen LogP contribution in [0.2, 0.25) is 0 Å². The lowest BCUT2D eigenvalue weighted by Gasteiger charge is -2.33. The highest BCUT2D eigenvalue weighted by molar-refractivity contribution is 14.0. The number of nitrogens with zero attached hydrogens (tertiary/aromatic N) is 3. The SMILES string of the molecule is CN=C(NCCc1nc(C(C)(C)C)cs1)NC1CCN(CCOC(C)C)CC1.I. The van der Waals surface area contributed by atoms with Crippen LogP contribution in [-0.4, -0.2) is 67.8 Å². The first-order valence-corrected chi connectivity index (χ1v) is 11.4. The van der Waals surface area contributed by atoms with Gasteiger partial charge >= 0.3 is 0 Å². The summed E-state index contributed by atoms with van der Waals surface area (Å²) in [4.78, 5) is 11.6. The minimum Gasteiger partial charge on any atom is -0.377 e. The van der Waals surface area contributed by atoms with E-state index >= 15 is 0 Å². The molecule has 0 bridgehead atoms. The van der Waals surface area contributed by atoms with Crippen LogP contribution in [0, 0.1) is 0 Å². The Morgan fingerprint density at radius 2 is 2.03 bits per heavy atom. The van der Waals surface area contributed by atoms with E-state index in [0.717, 1.165) is 58.0 Å². The van der Waals surface area contributed by atoms with Crippen LogP contribution in [0.4, 0.5) is 0 Å². The molecule has 6 nitrogen and oxygen atoms in total. The number of likely N-dealkylation sites (tertiary alicyclic amines) is 1. The Kier molecular flexibility index (Phi) is 12.0. The molecule has 0 aromatic carbocycles. The van der Waals surface area contributed by atoms with Gasteiger partial charge in [0, 0.05) is 56.5 Å². The van der Waals surface area contributed by atoms with E-state index in [1.807, 2.05) is 7.05 Å². The molecule has 2 rings (SSSR count). The fourth-order valence-electron chi connectivity index (χ4n) is 3.16. The fraction of sp³-hybridized carbons (Fsp3) is 0.810. The van der Waals surface area contributed by atoms with E-state index < -0.39 is 0 Å². The van der Waals surface area contributed by atoms with Gasteiger partial charge in [0.2, 0.25) is 0 Å². The molecule has 0 atom stereocenters. The normalized spacial score (nSPS) is 16.7. The molecule has 0 spiro atoms. The molecule has 2 N–H and O–H groups in total. The van der Waals surface area contributed by atoms with Crippen molar-refractivity contribution in [2.45, 2.75) is 71.4 Å². The van der Waals surface area contributed by atoms with E-state index in [4.69, 9.17) is 9.72 Å². The number of hydrogen-bond acceptors (Lipinski definition) is 5. The van der Waals surface area contributed by atoms with Crippen molar-refractivity contribution in [1.29, 1.82) is 0 Å². The smallest absolute Gasteiger partial charge is 0.191 e. The lowest BCUT2D eigenvalue weighted by atomic mass is 9.93. The molecule has 2 heterocycles. The van der Waals surface area contributed by atoms with Crippen LogP contribution in [0.3, 0.4) is 0 Å². The molecule has 8 heteroatoms. The first-order valence-electron chi connectivity index (χ1n) is 10.5. The number of thiazole rings is 1. The summed E-state index contributed by atoms with van der Waals surface area (Å²) in [5, 5.41) is 10.4. The van der Waals surface area contributed by atoms with Gasteiger partial charge in [0.25, 0.3) is 0 Å². The number of nitrogens with one attached hydrogen (secondary N) is 2. The Hall–Kier alpha value is -0.450. The minimum atomic E-state index is 0. The van der Waals surface area contributed by atoms with Gasteiger partial charge in [0.15, 0.2) is 5.96 Å². The standard InChI is InChI=1S/C21H39N5OS.HI/c1-16(2)27-14-13-26-11-8-17(9-12-26)24-20(22-6)23-10-7-19-25-18(15-28-19)21(3,4)5;/h15-17H,7-14H2,1-6H3,(H2,22,23,24);1H. The second-order valence-corrected chi connectivity index (χ2v) is 9.75. The largest absolute Gasteiger partial charge is 0.377 e. The molecule has 1 aliphatic heterocycles. The third-order valence-corrected chi connectivity index (χ3v) is 5.87. The van der Waals surface area contributed by atoms with E-state index in [2.05, 4.69) is 60.5 Å². The molecule has 0 unspecified atom stereocenters. The lowest BCUT2D eigenvalue weighted by molar-refractivity contribution is 0.0532. The zero-order valence-electron chi connectivity index (χ0n) is 19.0. The predicted octanol–water partition coefficient (Wildman–Crippen LogP) is 3.66. The molecule has 0 aliphatic carbocycles. The Morgan fingerprint density at radius 3 is 2.59 bits per heavy atom. The van der Waals surface area contributed by atoms with Crippen LogP contribution in [0.25, 0.3) is 0 Å². The molecule has 1 aliphatic rings. The number of hydrogen-bond donors (Lipinski definition) is 2.